The summed E-state index contributed by atoms with van der Waals surface area (Å²) >= 11 is 5.75. The number of nitrogens with zero attached hydrogens (tertiary/aromatic N) is 4. The van der Waals surface area contributed by atoms with Gasteiger partial charge in [0.05, 0.1) is 24.3 Å². The Morgan fingerprint density at radius 3 is 2.81 bits per heavy atom. The fourth-order valence-corrected chi connectivity index (χ4v) is 1.61. The van der Waals surface area contributed by atoms with Crippen molar-refractivity contribution < 1.29 is 4.39 Å². The molecule has 0 saturated heterocycles. The molecule has 0 spiro atoms. The van der Waals surface area contributed by atoms with Crippen LogP contribution in [0, 0.1) is 0 Å². The topological polar surface area (TPSA) is 43.6 Å². The number of aryl methyl sites for hydroxylation is 1. The Bertz CT molecular complexity index is 457. The van der Waals surface area contributed by atoms with Crippen LogP contribution in [-0.2, 0) is 12.4 Å². The van der Waals surface area contributed by atoms with Crippen molar-refractivity contribution in [2.24, 2.45) is 0 Å². The van der Waals surface area contributed by atoms with Gasteiger partial charge in [-0.1, -0.05) is 0 Å². The number of halogens is 2. The second-order valence-corrected chi connectivity index (χ2v) is 3.42. The van der Waals surface area contributed by atoms with Gasteiger partial charge >= 0.3 is 0 Å². The summed E-state index contributed by atoms with van der Waals surface area (Å²) in [5, 5.41) is 4.23. The van der Waals surface area contributed by atoms with Gasteiger partial charge in [-0.05, 0) is 6.07 Å². The van der Waals surface area contributed by atoms with Crippen LogP contribution in [0.1, 0.15) is 5.69 Å². The average molecular weight is 241 g/mol. The number of aromatic nitrogens is 4. The van der Waals surface area contributed by atoms with E-state index in [1.807, 2.05) is 0 Å². The van der Waals surface area contributed by atoms with Crippen LogP contribution in [0.15, 0.2) is 24.7 Å². The van der Waals surface area contributed by atoms with Gasteiger partial charge in [-0.2, -0.15) is 5.10 Å². The third-order valence-corrected chi connectivity index (χ3v) is 2.40. The molecule has 2 rings (SSSR count). The van der Waals surface area contributed by atoms with Crippen molar-refractivity contribution in [3.8, 4) is 11.4 Å². The van der Waals surface area contributed by atoms with Crippen molar-refractivity contribution in [3.63, 3.8) is 0 Å². The van der Waals surface area contributed by atoms with Crippen molar-refractivity contribution >= 4 is 11.6 Å². The standard InChI is InChI=1S/C10H10ClFN4/c11-6-8-5-9(15-16(8)4-1-12)10-7-13-2-3-14-10/h2-3,5,7H,1,4,6H2. The summed E-state index contributed by atoms with van der Waals surface area (Å²) < 4.78 is 13.8. The predicted octanol–water partition coefficient (Wildman–Crippen LogP) is 2.05. The molecule has 0 radical (unpaired) electrons. The molecule has 0 amide bonds. The predicted molar refractivity (Wildman–Crippen MR) is 58.8 cm³/mol. The largest absolute Gasteiger partial charge is 0.265 e. The smallest absolute Gasteiger partial charge is 0.113 e. The summed E-state index contributed by atoms with van der Waals surface area (Å²) in [6, 6.07) is 1.80. The monoisotopic (exact) mass is 240 g/mol. The highest BCUT2D eigenvalue weighted by atomic mass is 35.5. The molecule has 0 saturated carbocycles. The summed E-state index contributed by atoms with van der Waals surface area (Å²) in [6.07, 6.45) is 4.79. The molecule has 2 aromatic heterocycles. The Balaban J connectivity index is 2.36. The fourth-order valence-electron chi connectivity index (χ4n) is 1.39. The molecule has 2 aromatic rings. The summed E-state index contributed by atoms with van der Waals surface area (Å²) in [5.74, 6) is 0.299. The summed E-state index contributed by atoms with van der Waals surface area (Å²) in [5.41, 5.74) is 2.10. The molecule has 16 heavy (non-hydrogen) atoms. The zero-order valence-corrected chi connectivity index (χ0v) is 9.23. The first-order valence-electron chi connectivity index (χ1n) is 4.80. The third kappa shape index (κ3) is 2.19. The lowest BCUT2D eigenvalue weighted by Gasteiger charge is -1.99. The molecule has 84 valence electrons. The maximum absolute atomic E-state index is 12.3. The normalized spacial score (nSPS) is 10.6. The minimum atomic E-state index is -0.467. The molecular formula is C10H10ClFN4. The van der Waals surface area contributed by atoms with Crippen LogP contribution in [0.5, 0.6) is 0 Å². The van der Waals surface area contributed by atoms with Crippen LogP contribution in [0.2, 0.25) is 0 Å². The van der Waals surface area contributed by atoms with Gasteiger partial charge in [0.15, 0.2) is 0 Å². The van der Waals surface area contributed by atoms with E-state index in [1.54, 1.807) is 29.3 Å². The van der Waals surface area contributed by atoms with Crippen molar-refractivity contribution in [2.45, 2.75) is 12.4 Å². The van der Waals surface area contributed by atoms with Crippen LogP contribution < -0.4 is 0 Å². The molecule has 0 aromatic carbocycles. The maximum atomic E-state index is 12.3. The molecule has 0 atom stereocenters. The van der Waals surface area contributed by atoms with E-state index in [9.17, 15) is 4.39 Å². The lowest BCUT2D eigenvalue weighted by molar-refractivity contribution is 0.423. The second-order valence-electron chi connectivity index (χ2n) is 3.16. The minimum absolute atomic E-state index is 0.211. The zero-order valence-electron chi connectivity index (χ0n) is 8.48. The first kappa shape index (κ1) is 11.0. The SMILES string of the molecule is FCCn1nc(-c2cnccn2)cc1CCl. The van der Waals surface area contributed by atoms with Crippen molar-refractivity contribution in [1.82, 2.24) is 19.7 Å². The Morgan fingerprint density at radius 2 is 2.19 bits per heavy atom. The van der Waals surface area contributed by atoms with Crippen molar-refractivity contribution in [2.75, 3.05) is 6.67 Å². The number of hydrogen-bond acceptors (Lipinski definition) is 3. The van der Waals surface area contributed by atoms with E-state index >= 15 is 0 Å². The van der Waals surface area contributed by atoms with E-state index in [0.717, 1.165) is 5.69 Å². The van der Waals surface area contributed by atoms with Gasteiger partial charge in [0.2, 0.25) is 0 Å². The molecular weight excluding hydrogens is 231 g/mol. The average Bonchev–Trinajstić information content (AvgIpc) is 2.74. The summed E-state index contributed by atoms with van der Waals surface area (Å²) in [4.78, 5) is 8.08. The van der Waals surface area contributed by atoms with Gasteiger partial charge in [0.25, 0.3) is 0 Å². The minimum Gasteiger partial charge on any atom is -0.265 e. The quantitative estimate of drug-likeness (QED) is 0.769. The van der Waals surface area contributed by atoms with Crippen molar-refractivity contribution in [1.29, 1.82) is 0 Å². The number of rotatable bonds is 4. The Labute approximate surface area is 97.1 Å². The van der Waals surface area contributed by atoms with Crippen LogP contribution in [0.25, 0.3) is 11.4 Å². The molecule has 0 aliphatic heterocycles. The van der Waals surface area contributed by atoms with Crippen molar-refractivity contribution in [3.05, 3.63) is 30.4 Å². The number of hydrogen-bond donors (Lipinski definition) is 0. The summed E-state index contributed by atoms with van der Waals surface area (Å²) in [6.45, 7) is -0.256. The highest BCUT2D eigenvalue weighted by Crippen LogP contribution is 2.16. The Hall–Kier alpha value is -1.49. The first-order valence-corrected chi connectivity index (χ1v) is 5.33. The van der Waals surface area contributed by atoms with Crippen LogP contribution >= 0.6 is 11.6 Å². The lowest BCUT2D eigenvalue weighted by atomic mass is 10.3. The molecule has 0 N–H and O–H groups in total. The van der Waals surface area contributed by atoms with E-state index in [0.29, 0.717) is 17.3 Å². The third-order valence-electron chi connectivity index (χ3n) is 2.12. The molecule has 4 nitrogen and oxygen atoms in total. The Kier molecular flexibility index (Phi) is 3.46. The van der Waals surface area contributed by atoms with E-state index in [2.05, 4.69) is 15.1 Å². The van der Waals surface area contributed by atoms with Gasteiger partial charge in [-0.15, -0.1) is 11.6 Å². The van der Waals surface area contributed by atoms with Gasteiger partial charge in [0.1, 0.15) is 18.1 Å². The fraction of sp³-hybridized carbons (Fsp3) is 0.300. The van der Waals surface area contributed by atoms with E-state index in [-0.39, 0.29) is 6.54 Å². The van der Waals surface area contributed by atoms with Crippen LogP contribution in [0.3, 0.4) is 0 Å². The van der Waals surface area contributed by atoms with Crippen LogP contribution in [-0.4, -0.2) is 26.4 Å². The lowest BCUT2D eigenvalue weighted by Crippen LogP contribution is -2.05. The van der Waals surface area contributed by atoms with E-state index in [4.69, 9.17) is 11.6 Å². The maximum Gasteiger partial charge on any atom is 0.113 e. The van der Waals surface area contributed by atoms with Gasteiger partial charge in [0, 0.05) is 12.4 Å². The molecule has 0 bridgehead atoms. The highest BCUT2D eigenvalue weighted by Gasteiger charge is 2.09. The Morgan fingerprint density at radius 1 is 1.31 bits per heavy atom. The molecule has 0 aliphatic rings. The zero-order chi connectivity index (χ0) is 11.4. The number of alkyl halides is 2. The summed E-state index contributed by atoms with van der Waals surface area (Å²) in [7, 11) is 0. The van der Waals surface area contributed by atoms with E-state index in [1.165, 1.54) is 0 Å². The highest BCUT2D eigenvalue weighted by molar-refractivity contribution is 6.16. The van der Waals surface area contributed by atoms with Gasteiger partial charge in [-0.25, -0.2) is 4.39 Å². The van der Waals surface area contributed by atoms with Crippen LogP contribution in [0.4, 0.5) is 4.39 Å². The van der Waals surface area contributed by atoms with Gasteiger partial charge in [-0.3, -0.25) is 14.6 Å². The molecule has 0 aliphatic carbocycles. The van der Waals surface area contributed by atoms with Gasteiger partial charge < -0.3 is 0 Å². The molecule has 2 heterocycles. The molecule has 6 heteroatoms. The second kappa shape index (κ2) is 5.03. The molecule has 0 unspecified atom stereocenters. The first-order chi connectivity index (χ1) is 7.85. The van der Waals surface area contributed by atoms with E-state index < -0.39 is 6.67 Å². The molecule has 0 fully saturated rings.